The fourth-order valence-electron chi connectivity index (χ4n) is 2.75. The number of hydrogen-bond donors (Lipinski definition) is 3. The fourth-order valence-corrected chi connectivity index (χ4v) is 4.21. The largest absolute Gasteiger partial charge is 0.497 e. The van der Waals surface area contributed by atoms with Crippen LogP contribution in [0.1, 0.15) is 5.56 Å². The fraction of sp³-hybridized carbons (Fsp3) is 0.136. The minimum atomic E-state index is -3.94. The Hall–Kier alpha value is -3.30. The predicted molar refractivity (Wildman–Crippen MR) is 128 cm³/mol. The van der Waals surface area contributed by atoms with Crippen LogP contribution in [0.5, 0.6) is 11.5 Å². The summed E-state index contributed by atoms with van der Waals surface area (Å²) in [6.07, 6.45) is 0. The van der Waals surface area contributed by atoms with Gasteiger partial charge in [0.2, 0.25) is 0 Å². The highest BCUT2D eigenvalue weighted by Crippen LogP contribution is 2.29. The average molecular weight is 458 g/mol. The van der Waals surface area contributed by atoms with Gasteiger partial charge in [0, 0.05) is 17.4 Å². The molecule has 3 rings (SSSR count). The van der Waals surface area contributed by atoms with Crippen molar-refractivity contribution in [1.29, 1.82) is 0 Å². The Labute approximate surface area is 187 Å². The molecular weight excluding hydrogens is 434 g/mol. The molecule has 3 N–H and O–H groups in total. The summed E-state index contributed by atoms with van der Waals surface area (Å²) in [6.45, 7) is 1.99. The van der Waals surface area contributed by atoms with E-state index in [0.29, 0.717) is 22.9 Å². The van der Waals surface area contributed by atoms with Crippen LogP contribution in [0.4, 0.5) is 17.1 Å². The van der Waals surface area contributed by atoms with Crippen LogP contribution < -0.4 is 24.8 Å². The molecule has 0 aromatic heterocycles. The Bertz CT molecular complexity index is 1160. The van der Waals surface area contributed by atoms with Gasteiger partial charge in [0.25, 0.3) is 10.0 Å². The van der Waals surface area contributed by atoms with E-state index in [1.807, 2.05) is 31.2 Å². The third kappa shape index (κ3) is 5.87. The zero-order valence-corrected chi connectivity index (χ0v) is 18.9. The summed E-state index contributed by atoms with van der Waals surface area (Å²) >= 11 is 5.37. The summed E-state index contributed by atoms with van der Waals surface area (Å²) < 4.78 is 39.1. The molecule has 0 aliphatic rings. The summed E-state index contributed by atoms with van der Waals surface area (Å²) in [7, 11) is -0.927. The molecule has 9 heteroatoms. The molecule has 0 bridgehead atoms. The van der Waals surface area contributed by atoms with Crippen molar-refractivity contribution in [2.45, 2.75) is 11.8 Å². The number of sulfonamides is 1. The highest BCUT2D eigenvalue weighted by molar-refractivity contribution is 7.93. The SMILES string of the molecule is COc1ccc(NS(=O)(=O)c2cc(OC)ccc2NC(=S)Nc2ccc(C)cc2)cc1. The van der Waals surface area contributed by atoms with Gasteiger partial charge in [-0.2, -0.15) is 0 Å². The van der Waals surface area contributed by atoms with E-state index in [4.69, 9.17) is 21.7 Å². The smallest absolute Gasteiger partial charge is 0.264 e. The van der Waals surface area contributed by atoms with E-state index < -0.39 is 10.0 Å². The van der Waals surface area contributed by atoms with Gasteiger partial charge in [0.05, 0.1) is 19.9 Å². The Morgan fingerprint density at radius 2 is 1.39 bits per heavy atom. The second-order valence-electron chi connectivity index (χ2n) is 6.64. The molecule has 7 nitrogen and oxygen atoms in total. The number of benzene rings is 3. The van der Waals surface area contributed by atoms with E-state index in [-0.39, 0.29) is 10.0 Å². The number of rotatable bonds is 7. The van der Waals surface area contributed by atoms with E-state index in [0.717, 1.165) is 11.3 Å². The lowest BCUT2D eigenvalue weighted by molar-refractivity contribution is 0.413. The maximum Gasteiger partial charge on any atom is 0.264 e. The Morgan fingerprint density at radius 3 is 2.00 bits per heavy atom. The van der Waals surface area contributed by atoms with Crippen molar-refractivity contribution in [3.8, 4) is 11.5 Å². The molecular formula is C22H23N3O4S2. The number of nitrogens with one attached hydrogen (secondary N) is 3. The van der Waals surface area contributed by atoms with E-state index >= 15 is 0 Å². The molecule has 162 valence electrons. The maximum atomic E-state index is 13.1. The topological polar surface area (TPSA) is 88.7 Å². The highest BCUT2D eigenvalue weighted by Gasteiger charge is 2.21. The van der Waals surface area contributed by atoms with Gasteiger partial charge in [0.15, 0.2) is 5.11 Å². The van der Waals surface area contributed by atoms with Gasteiger partial charge in [-0.1, -0.05) is 17.7 Å². The summed E-state index contributed by atoms with van der Waals surface area (Å²) in [5.41, 5.74) is 2.62. The molecule has 0 saturated heterocycles. The molecule has 3 aromatic carbocycles. The van der Waals surface area contributed by atoms with E-state index in [9.17, 15) is 8.42 Å². The van der Waals surface area contributed by atoms with Gasteiger partial charge < -0.3 is 20.1 Å². The van der Waals surface area contributed by atoms with Crippen LogP contribution in [0.15, 0.2) is 71.6 Å². The molecule has 0 amide bonds. The first-order valence-corrected chi connectivity index (χ1v) is 11.2. The van der Waals surface area contributed by atoms with Crippen LogP contribution in [0.25, 0.3) is 0 Å². The van der Waals surface area contributed by atoms with Crippen LogP contribution >= 0.6 is 12.2 Å². The number of thiocarbonyl (C=S) groups is 1. The number of hydrogen-bond acceptors (Lipinski definition) is 5. The molecule has 0 aliphatic carbocycles. The molecule has 31 heavy (non-hydrogen) atoms. The molecule has 0 saturated carbocycles. The van der Waals surface area contributed by atoms with Gasteiger partial charge in [-0.15, -0.1) is 0 Å². The first-order valence-electron chi connectivity index (χ1n) is 9.30. The first kappa shape index (κ1) is 22.4. The molecule has 0 atom stereocenters. The zero-order chi connectivity index (χ0) is 22.4. The summed E-state index contributed by atoms with van der Waals surface area (Å²) in [5, 5.41) is 6.27. The number of anilines is 3. The van der Waals surface area contributed by atoms with Crippen molar-refractivity contribution in [1.82, 2.24) is 0 Å². The molecule has 0 heterocycles. The predicted octanol–water partition coefficient (Wildman–Crippen LogP) is 4.62. The van der Waals surface area contributed by atoms with Crippen molar-refractivity contribution in [2.75, 3.05) is 29.6 Å². The second kappa shape index (κ2) is 9.67. The van der Waals surface area contributed by atoms with Crippen molar-refractivity contribution in [2.24, 2.45) is 0 Å². The molecule has 0 radical (unpaired) electrons. The van der Waals surface area contributed by atoms with Crippen LogP contribution in [-0.4, -0.2) is 27.7 Å². The van der Waals surface area contributed by atoms with E-state index in [1.54, 1.807) is 43.5 Å². The van der Waals surface area contributed by atoms with Crippen LogP contribution in [-0.2, 0) is 10.0 Å². The minimum absolute atomic E-state index is 0.00396. The Morgan fingerprint density at radius 1 is 0.806 bits per heavy atom. The highest BCUT2D eigenvalue weighted by atomic mass is 32.2. The molecule has 0 unspecified atom stereocenters. The lowest BCUT2D eigenvalue weighted by Gasteiger charge is -2.16. The monoisotopic (exact) mass is 457 g/mol. The molecule has 3 aromatic rings. The molecule has 0 fully saturated rings. The van der Waals surface area contributed by atoms with Crippen molar-refractivity contribution in [3.63, 3.8) is 0 Å². The van der Waals surface area contributed by atoms with Crippen molar-refractivity contribution in [3.05, 3.63) is 72.3 Å². The van der Waals surface area contributed by atoms with Crippen LogP contribution in [0, 0.1) is 6.92 Å². The summed E-state index contributed by atoms with van der Waals surface area (Å²) in [6, 6.07) is 18.9. The van der Waals surface area contributed by atoms with Crippen LogP contribution in [0.2, 0.25) is 0 Å². The maximum absolute atomic E-state index is 13.1. The number of aryl methyl sites for hydroxylation is 1. The number of methoxy groups -OCH3 is 2. The van der Waals surface area contributed by atoms with Gasteiger partial charge >= 0.3 is 0 Å². The van der Waals surface area contributed by atoms with Gasteiger partial charge in [-0.3, -0.25) is 4.72 Å². The third-order valence-corrected chi connectivity index (χ3v) is 6.00. The second-order valence-corrected chi connectivity index (χ2v) is 8.70. The first-order chi connectivity index (χ1) is 14.8. The molecule has 0 spiro atoms. The Balaban J connectivity index is 1.85. The van der Waals surface area contributed by atoms with Gasteiger partial charge in [-0.05, 0) is 67.7 Å². The van der Waals surface area contributed by atoms with Crippen LogP contribution in [0.3, 0.4) is 0 Å². The minimum Gasteiger partial charge on any atom is -0.497 e. The lowest BCUT2D eigenvalue weighted by atomic mass is 10.2. The van der Waals surface area contributed by atoms with Gasteiger partial charge in [0.1, 0.15) is 16.4 Å². The van der Waals surface area contributed by atoms with Crippen molar-refractivity contribution >= 4 is 44.4 Å². The zero-order valence-electron chi connectivity index (χ0n) is 17.3. The standard InChI is InChI=1S/C22H23N3O4S2/c1-15-4-6-16(7-5-15)23-22(30)24-20-13-12-19(29-3)14-21(20)31(26,27)25-17-8-10-18(28-2)11-9-17/h4-14,25H,1-3H3,(H2,23,24,30). The lowest BCUT2D eigenvalue weighted by Crippen LogP contribution is -2.22. The van der Waals surface area contributed by atoms with E-state index in [1.165, 1.54) is 13.2 Å². The normalized spacial score (nSPS) is 10.8. The summed E-state index contributed by atoms with van der Waals surface area (Å²) in [4.78, 5) is -0.00396. The summed E-state index contributed by atoms with van der Waals surface area (Å²) in [5.74, 6) is 1.03. The average Bonchev–Trinajstić information content (AvgIpc) is 2.76. The molecule has 0 aliphatic heterocycles. The van der Waals surface area contributed by atoms with Crippen molar-refractivity contribution < 1.29 is 17.9 Å². The number of ether oxygens (including phenoxy) is 2. The third-order valence-electron chi connectivity index (χ3n) is 4.38. The quantitative estimate of drug-likeness (QED) is 0.446. The van der Waals surface area contributed by atoms with Gasteiger partial charge in [-0.25, -0.2) is 8.42 Å². The van der Waals surface area contributed by atoms with E-state index in [2.05, 4.69) is 15.4 Å². The Kier molecular flexibility index (Phi) is 6.98.